The molecule has 0 spiro atoms. The maximum Gasteiger partial charge on any atom is 0.310 e. The van der Waals surface area contributed by atoms with Gasteiger partial charge in [-0.15, -0.1) is 0 Å². The number of rotatable bonds is 8. The number of hydrogen-bond donors (Lipinski definition) is 2. The number of amides is 2. The van der Waals surface area contributed by atoms with Crippen molar-refractivity contribution in [3.63, 3.8) is 0 Å². The predicted octanol–water partition coefficient (Wildman–Crippen LogP) is 4.10. The summed E-state index contributed by atoms with van der Waals surface area (Å²) in [5, 5.41) is 16.5. The zero-order valence-electron chi connectivity index (χ0n) is 16.8. The highest BCUT2D eigenvalue weighted by Crippen LogP contribution is 2.25. The maximum atomic E-state index is 12.4. The second-order valence-electron chi connectivity index (χ2n) is 6.74. The van der Waals surface area contributed by atoms with Crippen molar-refractivity contribution in [2.75, 3.05) is 11.9 Å². The average molecular weight is 419 g/mol. The summed E-state index contributed by atoms with van der Waals surface area (Å²) < 4.78 is 5.26. The molecule has 0 aliphatic carbocycles. The van der Waals surface area contributed by atoms with Gasteiger partial charge in [-0.3, -0.25) is 19.7 Å². The minimum atomic E-state index is -0.574. The molecule has 0 aliphatic rings. The molecule has 3 rings (SSSR count). The van der Waals surface area contributed by atoms with Crippen LogP contribution in [0.2, 0.25) is 0 Å². The number of hydrogen-bond acceptors (Lipinski definition) is 5. The summed E-state index contributed by atoms with van der Waals surface area (Å²) in [6, 6.07) is 21.7. The van der Waals surface area contributed by atoms with Gasteiger partial charge >= 0.3 is 5.69 Å². The fourth-order valence-electron chi connectivity index (χ4n) is 2.88. The first-order valence-electron chi connectivity index (χ1n) is 9.56. The van der Waals surface area contributed by atoms with Crippen LogP contribution in [-0.4, -0.2) is 23.3 Å². The fraction of sp³-hybridized carbons (Fsp3) is 0.130. The third-order valence-corrected chi connectivity index (χ3v) is 4.50. The van der Waals surface area contributed by atoms with E-state index in [1.165, 1.54) is 18.2 Å². The van der Waals surface area contributed by atoms with E-state index in [1.54, 1.807) is 30.3 Å². The Morgan fingerprint density at radius 1 is 0.968 bits per heavy atom. The summed E-state index contributed by atoms with van der Waals surface area (Å²) in [5.41, 5.74) is 1.72. The standard InChI is InChI=1S/C23H21N3O5/c1-16(17-7-3-2-4-8-17)24-23(28)18-11-13-19(14-12-18)25-22(27)15-31-21-10-6-5-9-20(21)26(29)30/h2-14,16H,15H2,1H3,(H,24,28)(H,25,27). The molecule has 158 valence electrons. The molecule has 0 radical (unpaired) electrons. The van der Waals surface area contributed by atoms with Crippen LogP contribution >= 0.6 is 0 Å². The van der Waals surface area contributed by atoms with E-state index in [1.807, 2.05) is 37.3 Å². The number of nitro benzene ring substituents is 1. The van der Waals surface area contributed by atoms with Crippen molar-refractivity contribution >= 4 is 23.2 Å². The number of anilines is 1. The fourth-order valence-corrected chi connectivity index (χ4v) is 2.88. The molecule has 0 saturated carbocycles. The molecule has 2 N–H and O–H groups in total. The van der Waals surface area contributed by atoms with E-state index in [0.29, 0.717) is 11.3 Å². The van der Waals surface area contributed by atoms with Gasteiger partial charge in [-0.05, 0) is 42.8 Å². The van der Waals surface area contributed by atoms with Gasteiger partial charge < -0.3 is 15.4 Å². The quantitative estimate of drug-likeness (QED) is 0.422. The van der Waals surface area contributed by atoms with Crippen LogP contribution in [0.15, 0.2) is 78.9 Å². The maximum absolute atomic E-state index is 12.4. The summed E-state index contributed by atoms with van der Waals surface area (Å²) in [5.74, 6) is -0.691. The molecule has 0 aromatic heterocycles. The SMILES string of the molecule is CC(NC(=O)c1ccc(NC(=O)COc2ccccc2[N+](=O)[O-])cc1)c1ccccc1. The minimum absolute atomic E-state index is 0.0159. The number of ether oxygens (including phenoxy) is 1. The Morgan fingerprint density at radius 3 is 2.29 bits per heavy atom. The Labute approximate surface area is 179 Å². The molecule has 1 atom stereocenters. The van der Waals surface area contributed by atoms with Crippen LogP contribution in [0.4, 0.5) is 11.4 Å². The van der Waals surface area contributed by atoms with Crippen molar-refractivity contribution in [1.82, 2.24) is 5.32 Å². The smallest absolute Gasteiger partial charge is 0.310 e. The van der Waals surface area contributed by atoms with Crippen LogP contribution in [0, 0.1) is 10.1 Å². The second kappa shape index (κ2) is 10.0. The van der Waals surface area contributed by atoms with Crippen molar-refractivity contribution in [3.8, 4) is 5.75 Å². The van der Waals surface area contributed by atoms with Gasteiger partial charge in [-0.25, -0.2) is 0 Å². The monoisotopic (exact) mass is 419 g/mol. The molecule has 2 amide bonds. The average Bonchev–Trinajstić information content (AvgIpc) is 2.78. The van der Waals surface area contributed by atoms with Gasteiger partial charge in [0.15, 0.2) is 12.4 Å². The van der Waals surface area contributed by atoms with Gasteiger partial charge in [-0.1, -0.05) is 42.5 Å². The van der Waals surface area contributed by atoms with Crippen molar-refractivity contribution in [2.24, 2.45) is 0 Å². The molecule has 3 aromatic carbocycles. The third-order valence-electron chi connectivity index (χ3n) is 4.50. The Hall–Kier alpha value is -4.20. The topological polar surface area (TPSA) is 111 Å². The van der Waals surface area contributed by atoms with E-state index < -0.39 is 10.8 Å². The molecule has 0 heterocycles. The van der Waals surface area contributed by atoms with Crippen LogP contribution in [0.3, 0.4) is 0 Å². The Balaban J connectivity index is 1.53. The molecule has 0 bridgehead atoms. The van der Waals surface area contributed by atoms with Gasteiger partial charge in [0.1, 0.15) is 0 Å². The van der Waals surface area contributed by atoms with E-state index in [4.69, 9.17) is 4.74 Å². The van der Waals surface area contributed by atoms with Crippen molar-refractivity contribution in [2.45, 2.75) is 13.0 Å². The van der Waals surface area contributed by atoms with Crippen LogP contribution in [0.1, 0.15) is 28.9 Å². The molecule has 3 aromatic rings. The summed E-state index contributed by atoms with van der Waals surface area (Å²) >= 11 is 0. The predicted molar refractivity (Wildman–Crippen MR) is 116 cm³/mol. The van der Waals surface area contributed by atoms with E-state index in [9.17, 15) is 19.7 Å². The minimum Gasteiger partial charge on any atom is -0.477 e. The van der Waals surface area contributed by atoms with Crippen LogP contribution in [0.5, 0.6) is 5.75 Å². The van der Waals surface area contributed by atoms with Gasteiger partial charge in [-0.2, -0.15) is 0 Å². The largest absolute Gasteiger partial charge is 0.477 e. The van der Waals surface area contributed by atoms with E-state index in [-0.39, 0.29) is 30.0 Å². The molecule has 0 aliphatic heterocycles. The number of carbonyl (C=O) groups excluding carboxylic acids is 2. The summed E-state index contributed by atoms with van der Waals surface area (Å²) in [6.45, 7) is 1.51. The molecule has 8 nitrogen and oxygen atoms in total. The normalized spacial score (nSPS) is 11.3. The lowest BCUT2D eigenvalue weighted by Crippen LogP contribution is -2.26. The van der Waals surface area contributed by atoms with E-state index in [2.05, 4.69) is 10.6 Å². The zero-order chi connectivity index (χ0) is 22.2. The lowest BCUT2D eigenvalue weighted by Gasteiger charge is -2.14. The highest BCUT2D eigenvalue weighted by molar-refractivity contribution is 5.96. The first-order valence-corrected chi connectivity index (χ1v) is 9.56. The Kier molecular flexibility index (Phi) is 6.95. The molecule has 1 unspecified atom stereocenters. The van der Waals surface area contributed by atoms with Gasteiger partial charge in [0, 0.05) is 17.3 Å². The highest BCUT2D eigenvalue weighted by atomic mass is 16.6. The lowest BCUT2D eigenvalue weighted by atomic mass is 10.1. The Morgan fingerprint density at radius 2 is 1.61 bits per heavy atom. The van der Waals surface area contributed by atoms with Crippen LogP contribution in [-0.2, 0) is 4.79 Å². The van der Waals surface area contributed by atoms with Gasteiger partial charge in [0.05, 0.1) is 11.0 Å². The Bertz CT molecular complexity index is 1070. The molecule has 0 saturated heterocycles. The molecule has 8 heteroatoms. The van der Waals surface area contributed by atoms with E-state index in [0.717, 1.165) is 5.56 Å². The van der Waals surface area contributed by atoms with Crippen LogP contribution in [0.25, 0.3) is 0 Å². The van der Waals surface area contributed by atoms with Gasteiger partial charge in [0.25, 0.3) is 11.8 Å². The summed E-state index contributed by atoms with van der Waals surface area (Å²) in [7, 11) is 0. The van der Waals surface area contributed by atoms with Crippen molar-refractivity contribution in [3.05, 3.63) is 100 Å². The number of benzene rings is 3. The summed E-state index contributed by atoms with van der Waals surface area (Å²) in [4.78, 5) is 34.9. The van der Waals surface area contributed by atoms with Crippen LogP contribution < -0.4 is 15.4 Å². The van der Waals surface area contributed by atoms with Crippen molar-refractivity contribution in [1.29, 1.82) is 0 Å². The van der Waals surface area contributed by atoms with Crippen molar-refractivity contribution < 1.29 is 19.2 Å². The number of nitro groups is 1. The molecule has 31 heavy (non-hydrogen) atoms. The summed E-state index contributed by atoms with van der Waals surface area (Å²) in [6.07, 6.45) is 0. The highest BCUT2D eigenvalue weighted by Gasteiger charge is 2.15. The first-order chi connectivity index (χ1) is 14.9. The molecule has 0 fully saturated rings. The second-order valence-corrected chi connectivity index (χ2v) is 6.74. The number of nitrogens with zero attached hydrogens (tertiary/aromatic N) is 1. The number of nitrogens with one attached hydrogen (secondary N) is 2. The number of para-hydroxylation sites is 2. The molecular weight excluding hydrogens is 398 g/mol. The van der Waals surface area contributed by atoms with Gasteiger partial charge in [0.2, 0.25) is 0 Å². The zero-order valence-corrected chi connectivity index (χ0v) is 16.8. The molecular formula is C23H21N3O5. The first kappa shape index (κ1) is 21.5. The number of carbonyl (C=O) groups is 2. The van der Waals surface area contributed by atoms with E-state index >= 15 is 0 Å². The third kappa shape index (κ3) is 5.89. The lowest BCUT2D eigenvalue weighted by molar-refractivity contribution is -0.385.